The van der Waals surface area contributed by atoms with Crippen molar-refractivity contribution in [2.45, 2.75) is 12.3 Å². The molecule has 0 radical (unpaired) electrons. The van der Waals surface area contributed by atoms with E-state index < -0.39 is 23.8 Å². The maximum absolute atomic E-state index is 12.8. The first-order chi connectivity index (χ1) is 11.1. The highest BCUT2D eigenvalue weighted by Gasteiger charge is 2.31. The Labute approximate surface area is 137 Å². The molecule has 0 aliphatic carbocycles. The minimum absolute atomic E-state index is 0.0575. The van der Waals surface area contributed by atoms with Crippen molar-refractivity contribution in [2.75, 3.05) is 27.3 Å². The van der Waals surface area contributed by atoms with E-state index in [1.807, 2.05) is 0 Å². The van der Waals surface area contributed by atoms with Crippen LogP contribution in [0.4, 0.5) is 13.2 Å². The molecule has 0 aliphatic heterocycles. The number of carbonyl (C=O) groups is 1. The van der Waals surface area contributed by atoms with Crippen molar-refractivity contribution in [2.24, 2.45) is 7.05 Å². The average Bonchev–Trinajstić information content (AvgIpc) is 2.82. The summed E-state index contributed by atoms with van der Waals surface area (Å²) >= 11 is 0. The van der Waals surface area contributed by atoms with Gasteiger partial charge in [-0.3, -0.25) is 4.79 Å². The Morgan fingerprint density at radius 2 is 2.04 bits per heavy atom. The summed E-state index contributed by atoms with van der Waals surface area (Å²) in [4.78, 5) is 13.8. The normalized spacial score (nSPS) is 13.3. The summed E-state index contributed by atoms with van der Waals surface area (Å²) in [5.41, 5.74) is 0.0112. The monoisotopic (exact) mass is 344 g/mol. The van der Waals surface area contributed by atoms with Crippen LogP contribution in [-0.2, 0) is 18.0 Å². The number of alkyl halides is 3. The fourth-order valence-corrected chi connectivity index (χ4v) is 2.57. The number of amides is 1. The molecule has 5 nitrogen and oxygen atoms in total. The Morgan fingerprint density at radius 3 is 2.62 bits per heavy atom. The summed E-state index contributed by atoms with van der Waals surface area (Å²) in [6.45, 7) is 0.143. The van der Waals surface area contributed by atoms with Crippen LogP contribution in [0.3, 0.4) is 0 Å². The molecule has 8 heteroatoms. The molecule has 1 aromatic heterocycles. The number of ether oxygens (including phenoxy) is 1. The van der Waals surface area contributed by atoms with Crippen LogP contribution < -0.4 is 0 Å². The van der Waals surface area contributed by atoms with Gasteiger partial charge in [0.2, 0.25) is 0 Å². The van der Waals surface area contributed by atoms with E-state index in [0.29, 0.717) is 10.9 Å². The number of fused-ring (bicyclic) bond motifs is 1. The number of nitrogens with zero attached hydrogens (tertiary/aromatic N) is 2. The van der Waals surface area contributed by atoms with E-state index in [-0.39, 0.29) is 18.8 Å². The molecule has 2 aromatic rings. The second-order valence-corrected chi connectivity index (χ2v) is 5.65. The maximum atomic E-state index is 12.8. The van der Waals surface area contributed by atoms with Crippen molar-refractivity contribution in [3.05, 3.63) is 35.5 Å². The van der Waals surface area contributed by atoms with E-state index >= 15 is 0 Å². The van der Waals surface area contributed by atoms with Crippen LogP contribution in [0.2, 0.25) is 0 Å². The molecular formula is C16H19F3N2O3. The first-order valence-electron chi connectivity index (χ1n) is 7.24. The van der Waals surface area contributed by atoms with Crippen molar-refractivity contribution >= 4 is 16.8 Å². The van der Waals surface area contributed by atoms with E-state index in [1.54, 1.807) is 7.05 Å². The number of aryl methyl sites for hydroxylation is 1. The highest BCUT2D eigenvalue weighted by Crippen LogP contribution is 2.32. The maximum Gasteiger partial charge on any atom is 0.416 e. The Hall–Kier alpha value is -2.06. The van der Waals surface area contributed by atoms with Gasteiger partial charge in [0.25, 0.3) is 5.91 Å². The molecule has 1 atom stereocenters. The first kappa shape index (κ1) is 18.3. The van der Waals surface area contributed by atoms with Crippen LogP contribution >= 0.6 is 0 Å². The average molecular weight is 344 g/mol. The molecule has 0 spiro atoms. The highest BCUT2D eigenvalue weighted by atomic mass is 19.4. The number of aromatic nitrogens is 1. The molecule has 0 aliphatic rings. The number of aliphatic hydroxyl groups excluding tert-OH is 1. The fraction of sp³-hybridized carbons (Fsp3) is 0.438. The van der Waals surface area contributed by atoms with E-state index in [4.69, 9.17) is 4.74 Å². The molecule has 1 heterocycles. The van der Waals surface area contributed by atoms with Crippen LogP contribution in [-0.4, -0.2) is 53.9 Å². The van der Waals surface area contributed by atoms with Crippen molar-refractivity contribution in [3.63, 3.8) is 0 Å². The number of carbonyl (C=O) groups excluding carboxylic acids is 1. The third kappa shape index (κ3) is 3.70. The predicted molar refractivity (Wildman–Crippen MR) is 82.8 cm³/mol. The molecule has 0 fully saturated rings. The van der Waals surface area contributed by atoms with Crippen LogP contribution in [0.1, 0.15) is 16.1 Å². The van der Waals surface area contributed by atoms with Crippen LogP contribution in [0, 0.1) is 0 Å². The molecule has 1 N–H and O–H groups in total. The summed E-state index contributed by atoms with van der Waals surface area (Å²) < 4.78 is 44.8. The van der Waals surface area contributed by atoms with E-state index in [1.165, 1.54) is 35.8 Å². The molecule has 1 amide bonds. The first-order valence-corrected chi connectivity index (χ1v) is 7.24. The smallest absolute Gasteiger partial charge is 0.389 e. The van der Waals surface area contributed by atoms with Gasteiger partial charge in [0.05, 0.1) is 18.3 Å². The van der Waals surface area contributed by atoms with Gasteiger partial charge < -0.3 is 19.3 Å². The second-order valence-electron chi connectivity index (χ2n) is 5.65. The lowest BCUT2D eigenvalue weighted by Crippen LogP contribution is -2.36. The summed E-state index contributed by atoms with van der Waals surface area (Å²) in [5.74, 6) is -0.391. The standard InChI is InChI=1S/C16H19F3N2O3/c1-20(8-12(22)9-24-3)15(23)14-7-10-6-11(16(17,18)19)4-5-13(10)21(14)2/h4-7,12,22H,8-9H2,1-3H3/t12-/m1/s1. The molecule has 24 heavy (non-hydrogen) atoms. The van der Waals surface area contributed by atoms with Gasteiger partial charge in [0.15, 0.2) is 0 Å². The number of benzene rings is 1. The molecule has 0 saturated heterocycles. The van der Waals surface area contributed by atoms with Crippen molar-refractivity contribution in [1.82, 2.24) is 9.47 Å². The quantitative estimate of drug-likeness (QED) is 0.905. The van der Waals surface area contributed by atoms with Crippen LogP contribution in [0.5, 0.6) is 0 Å². The molecule has 0 unspecified atom stereocenters. The van der Waals surface area contributed by atoms with Gasteiger partial charge in [0, 0.05) is 38.7 Å². The Bertz CT molecular complexity index is 740. The number of methoxy groups -OCH3 is 1. The SMILES string of the molecule is COC[C@H](O)CN(C)C(=O)c1cc2cc(C(F)(F)F)ccc2n1C. The minimum Gasteiger partial charge on any atom is -0.389 e. The van der Waals surface area contributed by atoms with Crippen LogP contribution in [0.25, 0.3) is 10.9 Å². The molecule has 2 rings (SSSR count). The molecule has 132 valence electrons. The van der Waals surface area contributed by atoms with Gasteiger partial charge in [-0.1, -0.05) is 0 Å². The summed E-state index contributed by atoms with van der Waals surface area (Å²) in [7, 11) is 4.56. The number of hydrogen-bond acceptors (Lipinski definition) is 3. The number of halogens is 3. The third-order valence-electron chi connectivity index (χ3n) is 3.78. The van der Waals surface area contributed by atoms with Crippen molar-refractivity contribution < 1.29 is 27.8 Å². The Morgan fingerprint density at radius 1 is 1.38 bits per heavy atom. The fourth-order valence-electron chi connectivity index (χ4n) is 2.57. The number of rotatable bonds is 5. The molecule has 0 bridgehead atoms. The van der Waals surface area contributed by atoms with Gasteiger partial charge in [-0.2, -0.15) is 13.2 Å². The lowest BCUT2D eigenvalue weighted by molar-refractivity contribution is -0.137. The second kappa shape index (κ2) is 6.82. The zero-order valence-electron chi connectivity index (χ0n) is 13.6. The van der Waals surface area contributed by atoms with Crippen LogP contribution in [0.15, 0.2) is 24.3 Å². The van der Waals surface area contributed by atoms with E-state index in [9.17, 15) is 23.1 Å². The zero-order valence-corrected chi connectivity index (χ0v) is 13.6. The molecule has 0 saturated carbocycles. The lowest BCUT2D eigenvalue weighted by atomic mass is 10.1. The lowest BCUT2D eigenvalue weighted by Gasteiger charge is -2.20. The minimum atomic E-state index is -4.44. The number of likely N-dealkylation sites (N-methyl/N-ethyl adjacent to an activating group) is 1. The van der Waals surface area contributed by atoms with Gasteiger partial charge in [-0.05, 0) is 24.3 Å². The Balaban J connectivity index is 2.32. The largest absolute Gasteiger partial charge is 0.416 e. The topological polar surface area (TPSA) is 54.7 Å². The highest BCUT2D eigenvalue weighted by molar-refractivity contribution is 5.98. The van der Waals surface area contributed by atoms with Gasteiger partial charge >= 0.3 is 6.18 Å². The summed E-state index contributed by atoms with van der Waals surface area (Å²) in [6.07, 6.45) is -5.27. The third-order valence-corrected chi connectivity index (χ3v) is 3.78. The van der Waals surface area contributed by atoms with Gasteiger partial charge in [-0.15, -0.1) is 0 Å². The van der Waals surface area contributed by atoms with Crippen molar-refractivity contribution in [3.8, 4) is 0 Å². The van der Waals surface area contributed by atoms with Crippen molar-refractivity contribution in [1.29, 1.82) is 0 Å². The Kier molecular flexibility index (Phi) is 5.19. The van der Waals surface area contributed by atoms with Gasteiger partial charge in [0.1, 0.15) is 5.69 Å². The summed E-state index contributed by atoms with van der Waals surface area (Å²) in [6, 6.07) is 4.77. The van der Waals surface area contributed by atoms with Gasteiger partial charge in [-0.25, -0.2) is 0 Å². The summed E-state index contributed by atoms with van der Waals surface area (Å²) in [5, 5.41) is 10.0. The number of aliphatic hydroxyl groups is 1. The zero-order chi connectivity index (χ0) is 18.1. The molecule has 1 aromatic carbocycles. The van der Waals surface area contributed by atoms with E-state index in [0.717, 1.165) is 12.1 Å². The molecular weight excluding hydrogens is 325 g/mol. The van der Waals surface area contributed by atoms with E-state index in [2.05, 4.69) is 0 Å². The number of hydrogen-bond donors (Lipinski definition) is 1. The predicted octanol–water partition coefficient (Wildman–Crippen LogP) is 2.28.